The van der Waals surface area contributed by atoms with E-state index in [2.05, 4.69) is 0 Å². The van der Waals surface area contributed by atoms with Gasteiger partial charge in [0.25, 0.3) is 0 Å². The number of benzene rings is 2. The van der Waals surface area contributed by atoms with Crippen LogP contribution in [0, 0.1) is 5.92 Å². The zero-order chi connectivity index (χ0) is 18.9. The number of hydrogen-bond donors (Lipinski definition) is 0. The average Bonchev–Trinajstić information content (AvgIpc) is 2.68. The van der Waals surface area contributed by atoms with Crippen molar-refractivity contribution in [1.82, 2.24) is 0 Å². The summed E-state index contributed by atoms with van der Waals surface area (Å²) in [7, 11) is 1.51. The van der Waals surface area contributed by atoms with Gasteiger partial charge in [0.2, 0.25) is 0 Å². The topological polar surface area (TPSA) is 61.8 Å². The van der Waals surface area contributed by atoms with Crippen molar-refractivity contribution in [3.63, 3.8) is 0 Å². The highest BCUT2D eigenvalue weighted by molar-refractivity contribution is 5.90. The summed E-state index contributed by atoms with van der Waals surface area (Å²) in [4.78, 5) is 24.5. The van der Waals surface area contributed by atoms with Crippen LogP contribution >= 0.6 is 0 Å². The molecule has 0 fully saturated rings. The SMILES string of the molecule is COC(COC(=O)c1ccccc1)C(OC(=O)c1ccccc1)C(C)C. The van der Waals surface area contributed by atoms with Crippen LogP contribution < -0.4 is 0 Å². The van der Waals surface area contributed by atoms with Crippen LogP contribution in [0.5, 0.6) is 0 Å². The highest BCUT2D eigenvalue weighted by Gasteiger charge is 2.30. The summed E-state index contributed by atoms with van der Waals surface area (Å²) in [5, 5.41) is 0. The Kier molecular flexibility index (Phi) is 7.36. The number of ether oxygens (including phenoxy) is 3. The van der Waals surface area contributed by atoms with Gasteiger partial charge in [0.1, 0.15) is 18.8 Å². The first-order valence-corrected chi connectivity index (χ1v) is 8.54. The van der Waals surface area contributed by atoms with Gasteiger partial charge in [0, 0.05) is 7.11 Å². The van der Waals surface area contributed by atoms with Gasteiger partial charge in [0.05, 0.1) is 11.1 Å². The third-order valence-electron chi connectivity index (χ3n) is 3.97. The third-order valence-corrected chi connectivity index (χ3v) is 3.97. The lowest BCUT2D eigenvalue weighted by Crippen LogP contribution is -2.40. The molecule has 0 bridgehead atoms. The summed E-state index contributed by atoms with van der Waals surface area (Å²) < 4.78 is 16.4. The number of esters is 2. The summed E-state index contributed by atoms with van der Waals surface area (Å²) in [6.07, 6.45) is -1.10. The molecule has 0 heterocycles. The van der Waals surface area contributed by atoms with E-state index in [4.69, 9.17) is 14.2 Å². The Morgan fingerprint density at radius 1 is 0.846 bits per heavy atom. The summed E-state index contributed by atoms with van der Waals surface area (Å²) in [5.74, 6) is -0.881. The van der Waals surface area contributed by atoms with E-state index < -0.39 is 24.1 Å². The fourth-order valence-corrected chi connectivity index (χ4v) is 2.52. The Hall–Kier alpha value is -2.66. The molecule has 5 heteroatoms. The number of carbonyl (C=O) groups excluding carboxylic acids is 2. The van der Waals surface area contributed by atoms with Crippen molar-refractivity contribution < 1.29 is 23.8 Å². The molecule has 0 saturated heterocycles. The second-order valence-electron chi connectivity index (χ2n) is 6.22. The zero-order valence-corrected chi connectivity index (χ0v) is 15.3. The van der Waals surface area contributed by atoms with Crippen LogP contribution in [0.15, 0.2) is 60.7 Å². The van der Waals surface area contributed by atoms with E-state index >= 15 is 0 Å². The first kappa shape index (κ1) is 19.7. The van der Waals surface area contributed by atoms with Gasteiger partial charge in [-0.2, -0.15) is 0 Å². The Morgan fingerprint density at radius 2 is 1.35 bits per heavy atom. The molecule has 0 aliphatic carbocycles. The second kappa shape index (κ2) is 9.73. The molecule has 0 amide bonds. The minimum Gasteiger partial charge on any atom is -0.459 e. The molecule has 0 aliphatic rings. The van der Waals surface area contributed by atoms with E-state index in [9.17, 15) is 9.59 Å². The molecule has 2 aromatic rings. The van der Waals surface area contributed by atoms with Gasteiger partial charge in [-0.05, 0) is 30.2 Å². The Balaban J connectivity index is 2.01. The molecule has 0 saturated carbocycles. The molecule has 0 radical (unpaired) electrons. The molecule has 2 rings (SSSR count). The minimum absolute atomic E-state index is 0.00482. The molecule has 0 N–H and O–H groups in total. The Bertz CT molecular complexity index is 697. The van der Waals surface area contributed by atoms with Crippen molar-refractivity contribution in [2.24, 2.45) is 5.92 Å². The fraction of sp³-hybridized carbons (Fsp3) is 0.333. The van der Waals surface area contributed by atoms with Gasteiger partial charge in [0.15, 0.2) is 0 Å². The maximum atomic E-state index is 12.4. The van der Waals surface area contributed by atoms with Gasteiger partial charge < -0.3 is 14.2 Å². The van der Waals surface area contributed by atoms with Gasteiger partial charge in [-0.25, -0.2) is 9.59 Å². The smallest absolute Gasteiger partial charge is 0.338 e. The van der Waals surface area contributed by atoms with Crippen molar-refractivity contribution in [2.45, 2.75) is 26.1 Å². The lowest BCUT2D eigenvalue weighted by atomic mass is 10.0. The standard InChI is InChI=1S/C21H24O5/c1-15(2)19(26-21(23)17-12-8-5-9-13-17)18(24-3)14-25-20(22)16-10-6-4-7-11-16/h4-13,15,18-19H,14H2,1-3H3. The Labute approximate surface area is 153 Å². The number of methoxy groups -OCH3 is 1. The van der Waals surface area contributed by atoms with Crippen LogP contribution in [0.3, 0.4) is 0 Å². The van der Waals surface area contributed by atoms with Gasteiger partial charge in [-0.3, -0.25) is 0 Å². The summed E-state index contributed by atoms with van der Waals surface area (Å²) >= 11 is 0. The normalized spacial score (nSPS) is 13.1. The van der Waals surface area contributed by atoms with Crippen molar-refractivity contribution in [1.29, 1.82) is 0 Å². The van der Waals surface area contributed by atoms with Crippen LogP contribution in [-0.2, 0) is 14.2 Å². The number of rotatable bonds is 8. The highest BCUT2D eigenvalue weighted by Crippen LogP contribution is 2.17. The molecule has 2 atom stereocenters. The van der Waals surface area contributed by atoms with Gasteiger partial charge >= 0.3 is 11.9 Å². The zero-order valence-electron chi connectivity index (χ0n) is 15.3. The van der Waals surface area contributed by atoms with E-state index in [1.165, 1.54) is 7.11 Å². The second-order valence-corrected chi connectivity index (χ2v) is 6.22. The number of carbonyl (C=O) groups is 2. The van der Waals surface area contributed by atoms with E-state index in [1.54, 1.807) is 48.5 Å². The molecule has 0 aliphatic heterocycles. The summed E-state index contributed by atoms with van der Waals surface area (Å²) in [6, 6.07) is 17.5. The van der Waals surface area contributed by atoms with Crippen molar-refractivity contribution in [3.8, 4) is 0 Å². The molecule has 2 unspecified atom stereocenters. The molecule has 138 valence electrons. The first-order chi connectivity index (χ1) is 12.5. The quantitative estimate of drug-likeness (QED) is 0.674. The van der Waals surface area contributed by atoms with Crippen LogP contribution in [-0.4, -0.2) is 37.9 Å². The molecule has 2 aromatic carbocycles. The van der Waals surface area contributed by atoms with E-state index in [0.717, 1.165) is 0 Å². The number of hydrogen-bond acceptors (Lipinski definition) is 5. The maximum absolute atomic E-state index is 12.4. The van der Waals surface area contributed by atoms with E-state index in [1.807, 2.05) is 26.0 Å². The van der Waals surface area contributed by atoms with Crippen LogP contribution in [0.2, 0.25) is 0 Å². The molecular weight excluding hydrogens is 332 g/mol. The third kappa shape index (κ3) is 5.43. The van der Waals surface area contributed by atoms with Crippen molar-refractivity contribution in [2.75, 3.05) is 13.7 Å². The highest BCUT2D eigenvalue weighted by atomic mass is 16.6. The lowest BCUT2D eigenvalue weighted by molar-refractivity contribution is -0.0761. The lowest BCUT2D eigenvalue weighted by Gasteiger charge is -2.28. The largest absolute Gasteiger partial charge is 0.459 e. The van der Waals surface area contributed by atoms with Crippen LogP contribution in [0.25, 0.3) is 0 Å². The fourth-order valence-electron chi connectivity index (χ4n) is 2.52. The van der Waals surface area contributed by atoms with Gasteiger partial charge in [-0.1, -0.05) is 50.2 Å². The molecule has 5 nitrogen and oxygen atoms in total. The van der Waals surface area contributed by atoms with Crippen molar-refractivity contribution in [3.05, 3.63) is 71.8 Å². The van der Waals surface area contributed by atoms with E-state index in [0.29, 0.717) is 11.1 Å². The predicted octanol–water partition coefficient (Wildman–Crippen LogP) is 3.74. The minimum atomic E-state index is -0.560. The molecular formula is C21H24O5. The summed E-state index contributed by atoms with van der Waals surface area (Å²) in [6.45, 7) is 3.84. The first-order valence-electron chi connectivity index (χ1n) is 8.54. The maximum Gasteiger partial charge on any atom is 0.338 e. The van der Waals surface area contributed by atoms with Crippen LogP contribution in [0.4, 0.5) is 0 Å². The Morgan fingerprint density at radius 3 is 1.81 bits per heavy atom. The molecule has 26 heavy (non-hydrogen) atoms. The predicted molar refractivity (Wildman–Crippen MR) is 98.0 cm³/mol. The van der Waals surface area contributed by atoms with Crippen molar-refractivity contribution >= 4 is 11.9 Å². The van der Waals surface area contributed by atoms with Gasteiger partial charge in [-0.15, -0.1) is 0 Å². The molecule has 0 spiro atoms. The molecule has 0 aromatic heterocycles. The average molecular weight is 356 g/mol. The van der Waals surface area contributed by atoms with Crippen LogP contribution in [0.1, 0.15) is 34.6 Å². The summed E-state index contributed by atoms with van der Waals surface area (Å²) in [5.41, 5.74) is 0.930. The van der Waals surface area contributed by atoms with E-state index in [-0.39, 0.29) is 12.5 Å². The monoisotopic (exact) mass is 356 g/mol.